The van der Waals surface area contributed by atoms with Gasteiger partial charge in [0, 0.05) is 38.2 Å². The highest BCUT2D eigenvalue weighted by molar-refractivity contribution is 6.12. The number of phenolic OH excluding ortho intramolecular Hbond substituents is 1. The van der Waals surface area contributed by atoms with Gasteiger partial charge in [-0.3, -0.25) is 4.79 Å². The molecule has 1 spiro atoms. The number of carbonyl (C=O) groups is 1. The van der Waals surface area contributed by atoms with E-state index in [0.29, 0.717) is 30.3 Å². The Morgan fingerprint density at radius 3 is 2.64 bits per heavy atom. The van der Waals surface area contributed by atoms with Crippen molar-refractivity contribution in [1.82, 2.24) is 4.90 Å². The van der Waals surface area contributed by atoms with E-state index >= 15 is 0 Å². The second-order valence-electron chi connectivity index (χ2n) is 5.75. The Bertz CT molecular complexity index is 638. The topological polar surface area (TPSA) is 68.2 Å². The van der Waals surface area contributed by atoms with Gasteiger partial charge in [0.1, 0.15) is 11.5 Å². The fourth-order valence-electron chi connectivity index (χ4n) is 3.11. The molecule has 22 heavy (non-hydrogen) atoms. The molecule has 0 aliphatic carbocycles. The molecule has 3 heterocycles. The van der Waals surface area contributed by atoms with Crippen molar-refractivity contribution in [1.29, 1.82) is 0 Å². The summed E-state index contributed by atoms with van der Waals surface area (Å²) >= 11 is 0. The SMILES string of the molecule is O=C1/C(=C/N2CCC3(CC2)OCCO3)Oc2cc(O)ccc21. The molecule has 6 heteroatoms. The van der Waals surface area contributed by atoms with Crippen molar-refractivity contribution in [2.45, 2.75) is 18.6 Å². The molecule has 0 saturated carbocycles. The molecule has 0 bridgehead atoms. The Hall–Kier alpha value is -2.05. The number of hydrogen-bond donors (Lipinski definition) is 1. The number of carbonyl (C=O) groups excluding carboxylic acids is 1. The summed E-state index contributed by atoms with van der Waals surface area (Å²) in [5.74, 6) is 0.216. The predicted molar refractivity (Wildman–Crippen MR) is 76.6 cm³/mol. The number of ether oxygens (including phenoxy) is 3. The zero-order valence-electron chi connectivity index (χ0n) is 12.1. The molecule has 1 aromatic carbocycles. The van der Waals surface area contributed by atoms with E-state index in [0.717, 1.165) is 25.9 Å². The first kappa shape index (κ1) is 13.6. The van der Waals surface area contributed by atoms with Gasteiger partial charge in [-0.15, -0.1) is 0 Å². The summed E-state index contributed by atoms with van der Waals surface area (Å²) < 4.78 is 16.9. The van der Waals surface area contributed by atoms with Crippen LogP contribution in [-0.4, -0.2) is 47.9 Å². The second kappa shape index (κ2) is 5.00. The average molecular weight is 303 g/mol. The number of allylic oxidation sites excluding steroid dienone is 1. The number of aromatic hydroxyl groups is 1. The van der Waals surface area contributed by atoms with Crippen LogP contribution in [0, 0.1) is 0 Å². The lowest BCUT2D eigenvalue weighted by atomic mass is 10.0. The maximum atomic E-state index is 12.3. The summed E-state index contributed by atoms with van der Waals surface area (Å²) in [7, 11) is 0. The number of phenols is 1. The van der Waals surface area contributed by atoms with Crippen LogP contribution >= 0.6 is 0 Å². The van der Waals surface area contributed by atoms with Gasteiger partial charge in [0.15, 0.2) is 11.5 Å². The number of Topliss-reactive ketones (excluding diaryl/α,β-unsaturated/α-hetero) is 1. The largest absolute Gasteiger partial charge is 0.508 e. The van der Waals surface area contributed by atoms with E-state index in [-0.39, 0.29) is 11.5 Å². The average Bonchev–Trinajstić information content (AvgIpc) is 3.08. The van der Waals surface area contributed by atoms with Crippen molar-refractivity contribution in [3.05, 3.63) is 35.7 Å². The van der Waals surface area contributed by atoms with Crippen LogP contribution in [0.1, 0.15) is 23.2 Å². The number of ketones is 1. The van der Waals surface area contributed by atoms with Crippen LogP contribution in [0.3, 0.4) is 0 Å². The van der Waals surface area contributed by atoms with Gasteiger partial charge in [-0.05, 0) is 12.1 Å². The van der Waals surface area contributed by atoms with Crippen molar-refractivity contribution in [2.24, 2.45) is 0 Å². The molecular weight excluding hydrogens is 286 g/mol. The van der Waals surface area contributed by atoms with Gasteiger partial charge in [0.05, 0.1) is 18.8 Å². The van der Waals surface area contributed by atoms with E-state index in [9.17, 15) is 9.90 Å². The summed E-state index contributed by atoms with van der Waals surface area (Å²) in [4.78, 5) is 14.3. The molecule has 3 aliphatic rings. The Kier molecular flexibility index (Phi) is 3.09. The maximum absolute atomic E-state index is 12.3. The van der Waals surface area contributed by atoms with Crippen molar-refractivity contribution in [3.63, 3.8) is 0 Å². The number of nitrogens with zero attached hydrogens (tertiary/aromatic N) is 1. The number of benzene rings is 1. The minimum absolute atomic E-state index is 0.0863. The van der Waals surface area contributed by atoms with E-state index in [4.69, 9.17) is 14.2 Å². The third-order valence-corrected chi connectivity index (χ3v) is 4.33. The van der Waals surface area contributed by atoms with E-state index in [1.165, 1.54) is 12.1 Å². The predicted octanol–water partition coefficient (Wildman–Crippen LogP) is 1.65. The van der Waals surface area contributed by atoms with Gasteiger partial charge >= 0.3 is 0 Å². The minimum atomic E-state index is -0.426. The molecule has 2 fully saturated rings. The molecule has 116 valence electrons. The lowest BCUT2D eigenvalue weighted by Gasteiger charge is -2.37. The second-order valence-corrected chi connectivity index (χ2v) is 5.75. The summed E-state index contributed by atoms with van der Waals surface area (Å²) in [5, 5.41) is 9.46. The molecule has 0 aromatic heterocycles. The summed E-state index contributed by atoms with van der Waals surface area (Å²) in [6, 6.07) is 4.53. The third-order valence-electron chi connectivity index (χ3n) is 4.33. The van der Waals surface area contributed by atoms with Gasteiger partial charge in [-0.2, -0.15) is 0 Å². The van der Waals surface area contributed by atoms with Gasteiger partial charge in [-0.1, -0.05) is 0 Å². The standard InChI is InChI=1S/C16H17NO5/c18-11-1-2-12-13(9-11)22-14(15(12)19)10-17-5-3-16(4-6-17)20-7-8-21-16/h1-2,9-10,18H,3-8H2/b14-10-. The maximum Gasteiger partial charge on any atom is 0.233 e. The van der Waals surface area contributed by atoms with Crippen LogP contribution in [0.25, 0.3) is 0 Å². The Morgan fingerprint density at radius 2 is 1.91 bits per heavy atom. The molecule has 3 aliphatic heterocycles. The van der Waals surface area contributed by atoms with Gasteiger partial charge in [-0.25, -0.2) is 0 Å². The highest BCUT2D eigenvalue weighted by atomic mass is 16.7. The molecule has 0 radical (unpaired) electrons. The summed E-state index contributed by atoms with van der Waals surface area (Å²) in [6.45, 7) is 2.81. The Labute approximate surface area is 127 Å². The van der Waals surface area contributed by atoms with E-state index in [1.54, 1.807) is 12.3 Å². The smallest absolute Gasteiger partial charge is 0.233 e. The fourth-order valence-corrected chi connectivity index (χ4v) is 3.11. The molecule has 1 aromatic rings. The molecule has 0 amide bonds. The van der Waals surface area contributed by atoms with Gasteiger partial charge in [0.25, 0.3) is 0 Å². The minimum Gasteiger partial charge on any atom is -0.508 e. The Morgan fingerprint density at radius 1 is 1.18 bits per heavy atom. The van der Waals surface area contributed by atoms with Crippen molar-refractivity contribution in [3.8, 4) is 11.5 Å². The lowest BCUT2D eigenvalue weighted by molar-refractivity contribution is -0.182. The van der Waals surface area contributed by atoms with E-state index in [1.807, 2.05) is 0 Å². The zero-order chi connectivity index (χ0) is 15.2. The summed E-state index contributed by atoms with van der Waals surface area (Å²) in [5.41, 5.74) is 0.486. The number of hydrogen-bond acceptors (Lipinski definition) is 6. The van der Waals surface area contributed by atoms with Crippen LogP contribution in [0.4, 0.5) is 0 Å². The van der Waals surface area contributed by atoms with E-state index in [2.05, 4.69) is 4.90 Å². The van der Waals surface area contributed by atoms with Crippen molar-refractivity contribution < 1.29 is 24.1 Å². The van der Waals surface area contributed by atoms with Crippen molar-refractivity contribution in [2.75, 3.05) is 26.3 Å². The first-order valence-electron chi connectivity index (χ1n) is 7.45. The Balaban J connectivity index is 1.47. The van der Waals surface area contributed by atoms with Crippen molar-refractivity contribution >= 4 is 5.78 Å². The highest BCUT2D eigenvalue weighted by Gasteiger charge is 2.39. The molecule has 1 N–H and O–H groups in total. The van der Waals surface area contributed by atoms with Gasteiger partial charge < -0.3 is 24.2 Å². The van der Waals surface area contributed by atoms with Gasteiger partial charge in [0.2, 0.25) is 5.78 Å². The molecule has 0 atom stereocenters. The number of piperidine rings is 1. The molecule has 2 saturated heterocycles. The first-order valence-corrected chi connectivity index (χ1v) is 7.45. The number of likely N-dealkylation sites (tertiary alicyclic amines) is 1. The first-order chi connectivity index (χ1) is 10.7. The van der Waals surface area contributed by atoms with Crippen LogP contribution in [-0.2, 0) is 9.47 Å². The highest BCUT2D eigenvalue weighted by Crippen LogP contribution is 2.35. The van der Waals surface area contributed by atoms with Crippen LogP contribution in [0.2, 0.25) is 0 Å². The van der Waals surface area contributed by atoms with Crippen LogP contribution < -0.4 is 4.74 Å². The quantitative estimate of drug-likeness (QED) is 0.796. The van der Waals surface area contributed by atoms with Crippen LogP contribution in [0.15, 0.2) is 30.2 Å². The molecule has 0 unspecified atom stereocenters. The molecule has 6 nitrogen and oxygen atoms in total. The third kappa shape index (κ3) is 2.24. The van der Waals surface area contributed by atoms with Crippen LogP contribution in [0.5, 0.6) is 11.5 Å². The summed E-state index contributed by atoms with van der Waals surface area (Å²) in [6.07, 6.45) is 3.30. The lowest BCUT2D eigenvalue weighted by Crippen LogP contribution is -2.43. The fraction of sp³-hybridized carbons (Fsp3) is 0.438. The zero-order valence-corrected chi connectivity index (χ0v) is 12.1. The molecular formula is C16H17NO5. The number of fused-ring (bicyclic) bond motifs is 1. The molecule has 4 rings (SSSR count). The number of rotatable bonds is 1. The monoisotopic (exact) mass is 303 g/mol. The van der Waals surface area contributed by atoms with E-state index < -0.39 is 5.79 Å². The normalized spacial score (nSPS) is 24.8.